The van der Waals surface area contributed by atoms with E-state index in [0.29, 0.717) is 22.7 Å². The number of carbonyl (C=O) groups excluding carboxylic acids is 1. The van der Waals surface area contributed by atoms with E-state index in [9.17, 15) is 4.79 Å². The summed E-state index contributed by atoms with van der Waals surface area (Å²) >= 11 is 3.39. The van der Waals surface area contributed by atoms with Gasteiger partial charge in [0.1, 0.15) is 5.75 Å². The van der Waals surface area contributed by atoms with Crippen LogP contribution in [0.15, 0.2) is 40.9 Å². The van der Waals surface area contributed by atoms with E-state index in [1.807, 2.05) is 43.3 Å². The number of ether oxygens (including phenoxy) is 1. The largest absolute Gasteiger partial charge is 0.454 e. The number of fused-ring (bicyclic) bond motifs is 2. The van der Waals surface area contributed by atoms with Gasteiger partial charge >= 0.3 is 0 Å². The second kappa shape index (κ2) is 4.14. The molecule has 4 heteroatoms. The van der Waals surface area contributed by atoms with Gasteiger partial charge in [0.15, 0.2) is 5.75 Å². The van der Waals surface area contributed by atoms with Crippen LogP contribution in [0.25, 0.3) is 0 Å². The van der Waals surface area contributed by atoms with Crippen LogP contribution in [-0.2, 0) is 0 Å². The highest BCUT2D eigenvalue weighted by atomic mass is 79.9. The van der Waals surface area contributed by atoms with Crippen LogP contribution in [0, 0.1) is 6.92 Å². The summed E-state index contributed by atoms with van der Waals surface area (Å²) in [4.78, 5) is 12.1. The first-order valence-corrected chi connectivity index (χ1v) is 6.32. The van der Waals surface area contributed by atoms with Crippen molar-refractivity contribution < 1.29 is 9.53 Å². The van der Waals surface area contributed by atoms with Gasteiger partial charge in [-0.25, -0.2) is 0 Å². The number of benzene rings is 2. The quantitative estimate of drug-likeness (QED) is 0.795. The van der Waals surface area contributed by atoms with Gasteiger partial charge in [0.25, 0.3) is 5.91 Å². The van der Waals surface area contributed by atoms with Crippen molar-refractivity contribution >= 4 is 27.5 Å². The molecule has 0 atom stereocenters. The Morgan fingerprint density at radius 1 is 1.11 bits per heavy atom. The van der Waals surface area contributed by atoms with E-state index in [1.165, 1.54) is 0 Å². The predicted molar refractivity (Wildman–Crippen MR) is 73.3 cm³/mol. The van der Waals surface area contributed by atoms with Crippen molar-refractivity contribution in [2.45, 2.75) is 6.92 Å². The number of anilines is 1. The van der Waals surface area contributed by atoms with Crippen molar-refractivity contribution in [2.75, 3.05) is 5.32 Å². The third kappa shape index (κ3) is 1.88. The lowest BCUT2D eigenvalue weighted by Gasteiger charge is -2.07. The zero-order valence-corrected chi connectivity index (χ0v) is 11.2. The summed E-state index contributed by atoms with van der Waals surface area (Å²) < 4.78 is 6.70. The van der Waals surface area contributed by atoms with Gasteiger partial charge < -0.3 is 10.1 Å². The first-order valence-electron chi connectivity index (χ1n) is 5.53. The average molecular weight is 304 g/mol. The van der Waals surface area contributed by atoms with Crippen molar-refractivity contribution in [1.82, 2.24) is 0 Å². The molecule has 1 aliphatic rings. The lowest BCUT2D eigenvalue weighted by Crippen LogP contribution is -2.10. The van der Waals surface area contributed by atoms with Crippen molar-refractivity contribution in [3.05, 3.63) is 52.0 Å². The lowest BCUT2D eigenvalue weighted by atomic mass is 10.1. The van der Waals surface area contributed by atoms with Gasteiger partial charge in [-0.1, -0.05) is 27.6 Å². The summed E-state index contributed by atoms with van der Waals surface area (Å²) in [5, 5.41) is 2.85. The molecule has 2 aromatic rings. The number of carbonyl (C=O) groups is 1. The van der Waals surface area contributed by atoms with E-state index in [0.717, 1.165) is 10.0 Å². The molecule has 3 rings (SSSR count). The molecular formula is C14H10BrNO2. The normalized spacial score (nSPS) is 12.9. The zero-order chi connectivity index (χ0) is 12.7. The Bertz CT molecular complexity index is 652. The van der Waals surface area contributed by atoms with Gasteiger partial charge in [-0.3, -0.25) is 4.79 Å². The number of rotatable bonds is 0. The lowest BCUT2D eigenvalue weighted by molar-refractivity contribution is 0.102. The first kappa shape index (κ1) is 11.3. The van der Waals surface area contributed by atoms with Crippen molar-refractivity contribution in [1.29, 1.82) is 0 Å². The second-order valence-corrected chi connectivity index (χ2v) is 5.11. The maximum atomic E-state index is 12.1. The number of aryl methyl sites for hydroxylation is 1. The van der Waals surface area contributed by atoms with Crippen molar-refractivity contribution in [2.24, 2.45) is 0 Å². The molecular weight excluding hydrogens is 294 g/mol. The molecule has 1 heterocycles. The van der Waals surface area contributed by atoms with Crippen LogP contribution < -0.4 is 10.1 Å². The van der Waals surface area contributed by atoms with Gasteiger partial charge in [-0.2, -0.15) is 0 Å². The van der Waals surface area contributed by atoms with Crippen molar-refractivity contribution in [3.8, 4) is 11.5 Å². The summed E-state index contributed by atoms with van der Waals surface area (Å²) in [7, 11) is 0. The summed E-state index contributed by atoms with van der Waals surface area (Å²) in [5.74, 6) is 1.07. The third-order valence-electron chi connectivity index (χ3n) is 2.79. The van der Waals surface area contributed by atoms with Gasteiger partial charge in [0, 0.05) is 4.47 Å². The predicted octanol–water partition coefficient (Wildman–Crippen LogP) is 4.12. The Labute approximate surface area is 113 Å². The molecule has 1 amide bonds. The van der Waals surface area contributed by atoms with E-state index in [4.69, 9.17) is 4.74 Å². The monoisotopic (exact) mass is 303 g/mol. The van der Waals surface area contributed by atoms with Crippen molar-refractivity contribution in [3.63, 3.8) is 0 Å². The van der Waals surface area contributed by atoms with E-state index < -0.39 is 0 Å². The van der Waals surface area contributed by atoms with E-state index >= 15 is 0 Å². The van der Waals surface area contributed by atoms with E-state index in [1.54, 1.807) is 0 Å². The van der Waals surface area contributed by atoms with Crippen LogP contribution in [0.1, 0.15) is 15.9 Å². The van der Waals surface area contributed by atoms with E-state index in [2.05, 4.69) is 21.2 Å². The topological polar surface area (TPSA) is 38.3 Å². The van der Waals surface area contributed by atoms with Gasteiger partial charge in [-0.05, 0) is 37.3 Å². The standard InChI is InChI=1S/C14H10BrNO2/c1-8-2-5-12-10(6-8)14(17)16-11-4-3-9(15)7-13(11)18-12/h2-7H,1H3,(H,16,17). The molecule has 0 aromatic heterocycles. The molecule has 3 nitrogen and oxygen atoms in total. The smallest absolute Gasteiger partial charge is 0.259 e. The Morgan fingerprint density at radius 3 is 2.78 bits per heavy atom. The third-order valence-corrected chi connectivity index (χ3v) is 3.28. The Hall–Kier alpha value is -1.81. The molecule has 0 aliphatic carbocycles. The fourth-order valence-electron chi connectivity index (χ4n) is 1.90. The Kier molecular flexibility index (Phi) is 2.59. The Balaban J connectivity index is 2.17. The first-order chi connectivity index (χ1) is 8.63. The molecule has 90 valence electrons. The van der Waals surface area contributed by atoms with Gasteiger partial charge in [0.2, 0.25) is 0 Å². The molecule has 0 unspecified atom stereocenters. The van der Waals surface area contributed by atoms with Crippen LogP contribution in [-0.4, -0.2) is 5.91 Å². The molecule has 0 saturated carbocycles. The maximum Gasteiger partial charge on any atom is 0.259 e. The van der Waals surface area contributed by atoms with Gasteiger partial charge in [-0.15, -0.1) is 0 Å². The molecule has 0 bridgehead atoms. The molecule has 2 aromatic carbocycles. The summed E-state index contributed by atoms with van der Waals surface area (Å²) in [5.41, 5.74) is 2.26. The molecule has 1 N–H and O–H groups in total. The molecule has 0 saturated heterocycles. The SMILES string of the molecule is Cc1ccc2c(c1)C(=O)Nc1ccc(Br)cc1O2. The molecule has 0 fully saturated rings. The minimum atomic E-state index is -0.144. The number of hydrogen-bond acceptors (Lipinski definition) is 2. The molecule has 0 radical (unpaired) electrons. The van der Waals surface area contributed by atoms with Crippen LogP contribution in [0.3, 0.4) is 0 Å². The summed E-state index contributed by atoms with van der Waals surface area (Å²) in [6.07, 6.45) is 0. The van der Waals surface area contributed by atoms with Gasteiger partial charge in [0.05, 0.1) is 11.3 Å². The summed E-state index contributed by atoms with van der Waals surface area (Å²) in [6, 6.07) is 11.1. The van der Waals surface area contributed by atoms with Crippen LogP contribution in [0.4, 0.5) is 5.69 Å². The van der Waals surface area contributed by atoms with Crippen LogP contribution >= 0.6 is 15.9 Å². The second-order valence-electron chi connectivity index (χ2n) is 4.20. The number of halogens is 1. The fourth-order valence-corrected chi connectivity index (χ4v) is 2.24. The number of amides is 1. The number of nitrogens with one attached hydrogen (secondary N) is 1. The average Bonchev–Trinajstić information content (AvgIpc) is 2.46. The Morgan fingerprint density at radius 2 is 1.94 bits per heavy atom. The number of hydrogen-bond donors (Lipinski definition) is 1. The highest BCUT2D eigenvalue weighted by Gasteiger charge is 2.20. The fraction of sp³-hybridized carbons (Fsp3) is 0.0714. The highest BCUT2D eigenvalue weighted by Crippen LogP contribution is 2.37. The minimum absolute atomic E-state index is 0.144. The molecule has 0 spiro atoms. The zero-order valence-electron chi connectivity index (χ0n) is 9.66. The van der Waals surface area contributed by atoms with Crippen LogP contribution in [0.2, 0.25) is 0 Å². The minimum Gasteiger partial charge on any atom is -0.454 e. The van der Waals surface area contributed by atoms with E-state index in [-0.39, 0.29) is 5.91 Å². The van der Waals surface area contributed by atoms with Crippen LogP contribution in [0.5, 0.6) is 11.5 Å². The highest BCUT2D eigenvalue weighted by molar-refractivity contribution is 9.10. The molecule has 18 heavy (non-hydrogen) atoms. The molecule has 1 aliphatic heterocycles. The summed E-state index contributed by atoms with van der Waals surface area (Å²) in [6.45, 7) is 1.95. The maximum absolute atomic E-state index is 12.1.